The number of aliphatic hydroxyl groups is 2. The van der Waals surface area contributed by atoms with Gasteiger partial charge in [0.1, 0.15) is 42.0 Å². The minimum absolute atomic E-state index is 0.0184. The number of hydrogen-bond donors (Lipinski definition) is 5. The lowest BCUT2D eigenvalue weighted by Crippen LogP contribution is -2.61. The van der Waals surface area contributed by atoms with Gasteiger partial charge < -0.3 is 48.6 Å². The fraction of sp³-hybridized carbons (Fsp3) is 0.655. The number of nitrogens with one attached hydrogen (secondary N) is 2. The fourth-order valence-electron chi connectivity index (χ4n) is 11.2. The number of rotatable bonds is 10. The lowest BCUT2D eigenvalue weighted by atomic mass is 9.78. The van der Waals surface area contributed by atoms with E-state index in [0.717, 1.165) is 10.5 Å². The largest absolute Gasteiger partial charge is 0.508 e. The summed E-state index contributed by atoms with van der Waals surface area (Å²) in [7, 11) is -0.0819. The zero-order chi connectivity index (χ0) is 58.4. The fourth-order valence-corrected chi connectivity index (χ4v) is 12.0. The number of aliphatic hydroxyl groups excluding tert-OH is 1. The number of fused-ring (bicyclic) bond motifs is 3. The number of anilines is 1. The third-order valence-electron chi connectivity index (χ3n) is 16.0. The third kappa shape index (κ3) is 17.9. The first kappa shape index (κ1) is 64.5. The summed E-state index contributed by atoms with van der Waals surface area (Å²) in [6.45, 7) is 12.4. The Bertz CT molecular complexity index is 2510. The number of hydrogen-bond acceptors (Lipinski definition) is 17. The summed E-state index contributed by atoms with van der Waals surface area (Å²) in [6, 6.07) is 3.92. The maximum Gasteiger partial charge on any atom is 0.422 e. The molecule has 5 N–H and O–H groups in total. The number of ketones is 3. The summed E-state index contributed by atoms with van der Waals surface area (Å²) in [5.41, 5.74) is 1.26. The molecule has 1 aromatic rings. The Hall–Kier alpha value is -5.29. The van der Waals surface area contributed by atoms with E-state index in [1.165, 1.54) is 38.5 Å². The first-order valence-electron chi connectivity index (χ1n) is 27.6. The number of esters is 1. The Morgan fingerprint density at radius 3 is 2.24 bits per heavy atom. The van der Waals surface area contributed by atoms with Crippen molar-refractivity contribution in [2.24, 2.45) is 35.5 Å². The Morgan fingerprint density at radius 1 is 0.861 bits per heavy atom. The summed E-state index contributed by atoms with van der Waals surface area (Å²) in [5, 5.41) is 33.1. The predicted molar refractivity (Wildman–Crippen MR) is 293 cm³/mol. The van der Waals surface area contributed by atoms with Crippen LogP contribution in [0, 0.1) is 35.5 Å². The van der Waals surface area contributed by atoms with Gasteiger partial charge in [-0.05, 0) is 131 Å². The summed E-state index contributed by atoms with van der Waals surface area (Å²) >= 11 is 0. The van der Waals surface area contributed by atoms with E-state index in [-0.39, 0.29) is 67.1 Å². The standard InChI is InChI=1S/C58H85N3O17S/c1-34-16-12-11-13-17-35(2)48(73-8)32-44-25-19-40(7)58(70,78-44)54(66)55(67)61-27-15-14-18-45(61)56(68)76-49(33-46(63)36(3)29-39(6)52(65)53(75-10)51(64)38(5)28-34)37(4)30-41-20-26-47(50(31-41)74-9)77-57(69)60-79(71,72)59-42-21-23-43(62)24-22-42/h11-13,16-17,21-24,29,34,36-38,40-41,44-45,47-50,52-53,59,62,65,70H,14-15,18-20,25-28,30-33H2,1-10H3,(H,60,69)/b13-11?,16-12+,35-17?,39-29+/t34-,36-,37-,38-,40-,41+,44+,45+,47-,48+,49+,50-,52-,53+,58-/m1/s1. The lowest BCUT2D eigenvalue weighted by molar-refractivity contribution is -0.265. The molecule has 15 atom stereocenters. The number of benzene rings is 1. The van der Waals surface area contributed by atoms with Crippen molar-refractivity contribution < 1.29 is 80.9 Å². The minimum Gasteiger partial charge on any atom is -0.508 e. The van der Waals surface area contributed by atoms with Gasteiger partial charge >= 0.3 is 22.3 Å². The molecule has 0 radical (unpaired) electrons. The lowest BCUT2D eigenvalue weighted by Gasteiger charge is -2.42. The van der Waals surface area contributed by atoms with Crippen molar-refractivity contribution in [3.63, 3.8) is 0 Å². The average molecular weight is 1130 g/mol. The molecule has 0 unspecified atom stereocenters. The van der Waals surface area contributed by atoms with Crippen LogP contribution in [0.25, 0.3) is 0 Å². The number of carbonyl (C=O) groups excluding carboxylic acids is 6. The van der Waals surface area contributed by atoms with E-state index in [9.17, 15) is 52.5 Å². The van der Waals surface area contributed by atoms with Gasteiger partial charge in [-0.25, -0.2) is 14.3 Å². The predicted octanol–water partition coefficient (Wildman–Crippen LogP) is 6.98. The number of allylic oxidation sites excluding steroid dienone is 6. The highest BCUT2D eigenvalue weighted by molar-refractivity contribution is 7.91. The molecule has 1 aromatic carbocycles. The highest BCUT2D eigenvalue weighted by atomic mass is 32.2. The third-order valence-corrected chi connectivity index (χ3v) is 17.0. The molecule has 0 aromatic heterocycles. The molecule has 79 heavy (non-hydrogen) atoms. The summed E-state index contributed by atoms with van der Waals surface area (Å²) < 4.78 is 64.6. The molecule has 3 aliphatic heterocycles. The quantitative estimate of drug-likeness (QED) is 0.0684. The smallest absolute Gasteiger partial charge is 0.422 e. The van der Waals surface area contributed by atoms with Gasteiger partial charge in [-0.3, -0.25) is 23.9 Å². The van der Waals surface area contributed by atoms with E-state index in [1.54, 1.807) is 40.9 Å². The van der Waals surface area contributed by atoms with Crippen molar-refractivity contribution in [3.05, 3.63) is 71.9 Å². The van der Waals surface area contributed by atoms with E-state index in [1.807, 2.05) is 55.9 Å². The van der Waals surface area contributed by atoms with Crippen molar-refractivity contribution >= 4 is 51.2 Å². The van der Waals surface area contributed by atoms with Crippen LogP contribution in [0.2, 0.25) is 0 Å². The van der Waals surface area contributed by atoms with Crippen molar-refractivity contribution in [1.82, 2.24) is 9.62 Å². The van der Waals surface area contributed by atoms with Gasteiger partial charge in [-0.15, -0.1) is 0 Å². The van der Waals surface area contributed by atoms with E-state index in [2.05, 4.69) is 4.72 Å². The summed E-state index contributed by atoms with van der Waals surface area (Å²) in [4.78, 5) is 85.5. The number of Topliss-reactive ketones (excluding diaryl/α,β-unsaturated/α-hetero) is 3. The van der Waals surface area contributed by atoms with Gasteiger partial charge in [-0.2, -0.15) is 8.42 Å². The summed E-state index contributed by atoms with van der Waals surface area (Å²) in [5.74, 6) is -9.12. The molecule has 5 rings (SSSR count). The van der Waals surface area contributed by atoms with E-state index in [0.29, 0.717) is 56.9 Å². The number of phenols is 1. The second kappa shape index (κ2) is 29.4. The number of nitrogens with zero attached hydrogens (tertiary/aromatic N) is 1. The molecule has 0 spiro atoms. The van der Waals surface area contributed by atoms with Crippen LogP contribution in [0.1, 0.15) is 126 Å². The van der Waals surface area contributed by atoms with Gasteiger partial charge in [0.05, 0.1) is 24.0 Å². The molecule has 2 bridgehead atoms. The number of ether oxygens (including phenoxy) is 6. The van der Waals surface area contributed by atoms with Crippen molar-refractivity contribution in [3.8, 4) is 5.75 Å². The zero-order valence-corrected chi connectivity index (χ0v) is 48.3. The number of methoxy groups -OCH3 is 3. The molecule has 3 fully saturated rings. The molecule has 4 aliphatic rings. The molecule has 2 saturated heterocycles. The molecule has 440 valence electrons. The van der Waals surface area contributed by atoms with Crippen LogP contribution in [-0.4, -0.2) is 146 Å². The maximum absolute atomic E-state index is 14.6. The van der Waals surface area contributed by atoms with Crippen LogP contribution in [0.3, 0.4) is 0 Å². The Labute approximate surface area is 465 Å². The molecule has 3 heterocycles. The first-order chi connectivity index (χ1) is 37.3. The monoisotopic (exact) mass is 1130 g/mol. The number of cyclic esters (lactones) is 1. The zero-order valence-electron chi connectivity index (χ0n) is 47.5. The van der Waals surface area contributed by atoms with Crippen molar-refractivity contribution in [2.45, 2.75) is 180 Å². The van der Waals surface area contributed by atoms with E-state index in [4.69, 9.17) is 28.4 Å². The molecule has 1 aliphatic carbocycles. The second-order valence-electron chi connectivity index (χ2n) is 22.2. The van der Waals surface area contributed by atoms with Crippen LogP contribution >= 0.6 is 0 Å². The normalized spacial score (nSPS) is 34.3. The van der Waals surface area contributed by atoms with Crippen LogP contribution in [0.4, 0.5) is 10.5 Å². The molecule has 20 nitrogen and oxygen atoms in total. The molecule has 21 heteroatoms. The van der Waals surface area contributed by atoms with Crippen LogP contribution in [0.15, 0.2) is 71.9 Å². The molecule has 1 saturated carbocycles. The van der Waals surface area contributed by atoms with Crippen LogP contribution in [0.5, 0.6) is 5.75 Å². The number of carbonyl (C=O) groups is 6. The average Bonchev–Trinajstić information content (AvgIpc) is 3.44. The van der Waals surface area contributed by atoms with Crippen LogP contribution < -0.4 is 9.44 Å². The van der Waals surface area contributed by atoms with E-state index >= 15 is 0 Å². The SMILES string of the molecule is CO[C@H]1C[C@@H]2CC[C@@H](C)[C@@](O)(O2)C(=O)C(=O)N2CCCC[C@H]2C(=O)O[C@H]([C@H](C)C[C@@H]2CC[C@@H](OC(=O)NS(=O)(=O)Nc3ccc(O)cc3)[C@H](OC)C2)CC(=O)[C@H](C)/C=C(\C)[C@@H](O)[C@@H](OC)C(=O)[C@H](C)C[C@H](C)/C=C/C=CC=C1C. The topological polar surface area (TPSA) is 280 Å². The molecular weight excluding hydrogens is 1040 g/mol. The van der Waals surface area contributed by atoms with Crippen LogP contribution in [-0.2, 0) is 62.6 Å². The Kier molecular flexibility index (Phi) is 24.0. The highest BCUT2D eigenvalue weighted by Gasteiger charge is 2.53. The van der Waals surface area contributed by atoms with Gasteiger partial charge in [0.2, 0.25) is 5.79 Å². The number of aromatic hydroxyl groups is 1. The van der Waals surface area contributed by atoms with Gasteiger partial charge in [0, 0.05) is 58.5 Å². The summed E-state index contributed by atoms with van der Waals surface area (Å²) in [6.07, 6.45) is 7.35. The van der Waals surface area contributed by atoms with E-state index < -0.39 is 112 Å². The van der Waals surface area contributed by atoms with Gasteiger partial charge in [-0.1, -0.05) is 71.1 Å². The molecular formula is C58H85N3O17S. The minimum atomic E-state index is -4.42. The first-order valence-corrected chi connectivity index (χ1v) is 29.1. The maximum atomic E-state index is 14.6. The second-order valence-corrected chi connectivity index (χ2v) is 23.6. The highest BCUT2D eigenvalue weighted by Crippen LogP contribution is 2.38. The number of piperidine rings is 1. The van der Waals surface area contributed by atoms with Crippen molar-refractivity contribution in [1.29, 1.82) is 0 Å². The Morgan fingerprint density at radius 2 is 1.57 bits per heavy atom. The molecule has 2 amide bonds. The van der Waals surface area contributed by atoms with Crippen molar-refractivity contribution in [2.75, 3.05) is 32.6 Å². The number of phenolic OH excluding ortho intramolecular Hbond substituents is 1. The number of amides is 2. The van der Waals surface area contributed by atoms with Gasteiger partial charge in [0.25, 0.3) is 11.7 Å². The Balaban J connectivity index is 1.41. The van der Waals surface area contributed by atoms with Gasteiger partial charge in [0.15, 0.2) is 5.78 Å².